The average Bonchev–Trinajstić information content (AvgIpc) is 2.66. The maximum absolute atomic E-state index is 11.5. The van der Waals surface area contributed by atoms with E-state index in [0.717, 1.165) is 28.3 Å². The Morgan fingerprint density at radius 1 is 0.174 bits per heavy atom. The molecule has 9 radical (unpaired) electrons. The van der Waals surface area contributed by atoms with Crippen LogP contribution in [0.2, 0.25) is 0 Å². The first kappa shape index (κ1) is 1920. The molecular formula is C64H241F4O35Ti29-6. The summed E-state index contributed by atoms with van der Waals surface area (Å²) in [5, 5.41) is 53.2. The van der Waals surface area contributed by atoms with Crippen LogP contribution >= 0.6 is 0 Å². The molecule has 0 aliphatic rings. The van der Waals surface area contributed by atoms with Crippen molar-refractivity contribution in [3.05, 3.63) is 319 Å². The summed E-state index contributed by atoms with van der Waals surface area (Å²) in [4.78, 5) is 0. The Balaban J connectivity index is -0.000000000389. The summed E-state index contributed by atoms with van der Waals surface area (Å²) in [5.74, 6) is -3.79. The van der Waals surface area contributed by atoms with E-state index in [1.54, 1.807) is 55.4 Å². The monoisotopic (exact) mass is 3040 g/mol. The summed E-state index contributed by atoms with van der Waals surface area (Å²) in [6.07, 6.45) is -4.99. The summed E-state index contributed by atoms with van der Waals surface area (Å²) in [6, 6.07) is 0. The molecule has 0 saturated heterocycles. The maximum Gasteiger partial charge on any atom is 4.00 e. The van der Waals surface area contributed by atoms with E-state index in [4.69, 9.17) is 35.7 Å². The van der Waals surface area contributed by atoms with Gasteiger partial charge in [0.15, 0.2) is 0 Å². The summed E-state index contributed by atoms with van der Waals surface area (Å²) < 4.78 is 45.2. The third kappa shape index (κ3) is 4160. The third-order valence-electron chi connectivity index (χ3n) is 0.791. The van der Waals surface area contributed by atoms with Crippen LogP contribution in [0.25, 0.3) is 0 Å². The molecule has 0 aliphatic heterocycles. The molecule has 0 spiro atoms. The maximum atomic E-state index is 11.5. The van der Waals surface area contributed by atoms with E-state index in [0.29, 0.717) is 0 Å². The van der Waals surface area contributed by atoms with E-state index in [1.807, 2.05) is 13.8 Å². The predicted octanol–water partition coefficient (Wildman–Crippen LogP) is -0.105. The number of hydrogen-bond acceptors (Lipinski definition) is 7. The Kier molecular flexibility index (Phi) is 28800. The Morgan fingerprint density at radius 3 is 0.197 bits per heavy atom. The fraction of sp³-hybridized carbons (Fsp3) is 0.328. The molecule has 0 heterocycles. The van der Waals surface area contributed by atoms with E-state index >= 15 is 0 Å². The molecule has 0 rings (SSSR count). The van der Waals surface area contributed by atoms with Crippen LogP contribution in [0.1, 0.15) is 82.6 Å². The SMILES string of the molecule is CC.CC(C)O.CC(C)O.CC(C)O.CC(C)O.CCC(F)(F)C(F)F.CO.CO.CO.O.O.O.O.O.O.O.O.O.O.O.O.O.O.O.O.O.O.O.O.O.O.O.O.O.O.O.O.[CH3-].[CH3-].[CH3-].[CH3-].[CH3-].[CH3-].[CH3-].[CH3-].[CH3-].[CH3-].[CH3-].[CH3-].[CH3-].[CH3-].[CH3-].[CH3-].[CH3-].[CH3-].[CH3-].[CH3-].[CH3-].[CH3-].[CH3-].[CH3-].[CH3-].[CH3-].[CH3-].[CH3-].[CH3-].[CH3-].[CH3-].[CH3-].[CH3-].[CH3-].[CH3-].[CH3-].[CH3-].[CH3-].[CH3-].[CH3-].[CH3-].[CH3-].[CH3-].[Ti+2].[Ti+2].[Ti+2].[Ti+3].[Ti+3].[Ti+3].[Ti+3].[Ti+3].[Ti+3].[Ti+3].[Ti+3].[Ti+3].[Ti+4].[Ti].[Ti].[Ti].[Ti].[Ti].[Ti].[Ti].[Ti].[Ti].[Ti].[Ti].[Ti].[Ti].[Ti].[Ti].[Ti]. The van der Waals surface area contributed by atoms with Gasteiger partial charge in [0.25, 0.3) is 0 Å². The van der Waals surface area contributed by atoms with Crippen molar-refractivity contribution in [2.24, 2.45) is 0 Å². The second kappa shape index (κ2) is 1980. The molecular weight excluding hydrogens is 2790 g/mol. The summed E-state index contributed by atoms with van der Waals surface area (Å²) in [7, 11) is 3.00. The zero-order valence-corrected chi connectivity index (χ0v) is 140. The van der Waals surface area contributed by atoms with Crippen molar-refractivity contribution in [2.45, 2.75) is 119 Å². The van der Waals surface area contributed by atoms with Crippen molar-refractivity contribution in [1.29, 1.82) is 0 Å². The van der Waals surface area contributed by atoms with Gasteiger partial charge in [-0.15, -0.1) is 0 Å². The van der Waals surface area contributed by atoms with Gasteiger partial charge in [-0.05, 0) is 55.4 Å². The standard InChI is InChI=1S/C4H6F4.4C3H8O.C2H6.3CH4O.43CH3.28H2O.29Ti/c1-2-4(7,8)3(5)6;4*1-3(2)4;4*1-2;;;;;;;;;;;;;;;;;;;;;;;;;;;;;;;;;;;;;;;;;;;;;;;;;;;;;;;;;;;;;;;;;;;;;;;;;;;;;;;;;;;;;;;;;;;;;;;;;;;;/h3H,2H2,1H3;4*3-4H,1-2H3;1-2H3;3*2H,1H3;43*1H3;28*1H2;;;;;;;;;;;;;;;;;;;;;;;;;;;;;/q;;;;;;;;;43*-1;;;;;;;;;;;;;;;;;;;;;;;;;;;;;;;;;;;;;;;;;;;;;3*+2;9*+3;+4. The molecule has 0 aliphatic carbocycles. The van der Waals surface area contributed by atoms with Gasteiger partial charge in [0, 0.05) is 400 Å². The number of hydrogen-bond donors (Lipinski definition) is 7. The Labute approximate surface area is 1270 Å². The Bertz CT molecular complexity index is 365. The van der Waals surface area contributed by atoms with Crippen LogP contribution in [-0.2, 0) is 630 Å². The normalized spacial score (nSPS) is 2.05. The van der Waals surface area contributed by atoms with Crippen molar-refractivity contribution in [1.82, 2.24) is 0 Å². The van der Waals surface area contributed by atoms with Crippen LogP contribution in [-0.4, -0.2) is 247 Å². The van der Waals surface area contributed by atoms with Crippen LogP contribution in [0.15, 0.2) is 0 Å². The zero-order valence-electron chi connectivity index (χ0n) is 94.2. The molecule has 0 amide bonds. The van der Waals surface area contributed by atoms with Crippen molar-refractivity contribution < 1.29 is 836 Å². The molecule has 0 aromatic heterocycles. The van der Waals surface area contributed by atoms with Gasteiger partial charge in [-0.2, -0.15) is 0 Å². The van der Waals surface area contributed by atoms with E-state index in [-0.39, 0.29) is 1130 Å². The largest absolute Gasteiger partial charge is 4.00 e. The van der Waals surface area contributed by atoms with Crippen molar-refractivity contribution in [3.63, 3.8) is 0 Å². The molecule has 857 valence electrons. The average molecular weight is 3040 g/mol. The van der Waals surface area contributed by atoms with Crippen molar-refractivity contribution in [3.8, 4) is 0 Å². The van der Waals surface area contributed by atoms with Gasteiger partial charge in [-0.25, -0.2) is 17.6 Å². The molecule has 63 N–H and O–H groups in total. The first-order valence-corrected chi connectivity index (χ1v) is 10.2. The number of aliphatic hydroxyl groups is 7. The fourth-order valence-electron chi connectivity index (χ4n) is 0.154. The Morgan fingerprint density at radius 2 is 0.197 bits per heavy atom. The summed E-state index contributed by atoms with van der Waals surface area (Å²) in [5.41, 5.74) is 0. The number of halogens is 4. The molecule has 0 fully saturated rings. The van der Waals surface area contributed by atoms with Gasteiger partial charge in [0.1, 0.15) is 0 Å². The van der Waals surface area contributed by atoms with E-state index in [9.17, 15) is 17.6 Å². The van der Waals surface area contributed by atoms with Gasteiger partial charge in [0.05, 0.1) is 0 Å². The molecule has 0 saturated carbocycles. The van der Waals surface area contributed by atoms with Crippen LogP contribution in [0.3, 0.4) is 0 Å². The number of aliphatic hydroxyl groups excluding tert-OH is 7. The summed E-state index contributed by atoms with van der Waals surface area (Å²) >= 11 is 0. The first-order valence-electron chi connectivity index (χ1n) is 10.2. The minimum absolute atomic E-state index is 0. The Hall–Kier alpha value is 19.0. The first-order chi connectivity index (χ1) is 14.4. The third-order valence-corrected chi connectivity index (χ3v) is 0.791. The van der Waals surface area contributed by atoms with Crippen LogP contribution in [0.4, 0.5) is 17.6 Å². The topological polar surface area (TPSA) is 1020 Å². The van der Waals surface area contributed by atoms with E-state index in [1.165, 1.54) is 0 Å². The molecule has 0 aromatic carbocycles. The van der Waals surface area contributed by atoms with Gasteiger partial charge in [-0.1, -0.05) is 20.8 Å². The van der Waals surface area contributed by atoms with Crippen LogP contribution < -0.4 is 0 Å². The zero-order chi connectivity index (χ0) is 29.1. The van der Waals surface area contributed by atoms with E-state index in [2.05, 4.69) is 0 Å². The van der Waals surface area contributed by atoms with Crippen molar-refractivity contribution >= 4 is 0 Å². The van der Waals surface area contributed by atoms with Gasteiger partial charge in [-0.3, -0.25) is 0 Å². The van der Waals surface area contributed by atoms with Gasteiger partial charge in [0.2, 0.25) is 0 Å². The number of alkyl halides is 4. The molecule has 132 heavy (non-hydrogen) atoms. The second-order valence-corrected chi connectivity index (χ2v) is 5.79. The quantitative estimate of drug-likeness (QED) is 0.112. The van der Waals surface area contributed by atoms with Crippen molar-refractivity contribution in [2.75, 3.05) is 21.3 Å². The van der Waals surface area contributed by atoms with E-state index < -0.39 is 18.8 Å². The molecule has 0 unspecified atom stereocenters. The predicted molar refractivity (Wildman–Crippen MR) is 503 cm³/mol. The minimum Gasteiger partial charge on any atom is -0.412 e. The molecule has 35 nitrogen and oxygen atoms in total. The molecule has 0 atom stereocenters. The molecule has 68 heteroatoms. The van der Waals surface area contributed by atoms with Gasteiger partial charge >= 0.3 is 295 Å². The number of rotatable bonds is 2. The molecule has 0 bridgehead atoms. The fourth-order valence-corrected chi connectivity index (χ4v) is 0.154. The molecule has 0 aromatic rings. The van der Waals surface area contributed by atoms with Gasteiger partial charge < -0.3 is 508 Å². The summed E-state index contributed by atoms with van der Waals surface area (Å²) in [6.45, 7) is 18.8. The van der Waals surface area contributed by atoms with Crippen LogP contribution in [0, 0.1) is 319 Å². The van der Waals surface area contributed by atoms with Crippen LogP contribution in [0.5, 0.6) is 0 Å². The minimum atomic E-state index is -3.79. The second-order valence-electron chi connectivity index (χ2n) is 5.79. The smallest absolute Gasteiger partial charge is 0.412 e.